The van der Waals surface area contributed by atoms with E-state index in [1.165, 1.54) is 0 Å². The molecule has 0 radical (unpaired) electrons. The summed E-state index contributed by atoms with van der Waals surface area (Å²) in [4.78, 5) is 17.9. The first-order valence-electron chi connectivity index (χ1n) is 10.7. The average molecular weight is 465 g/mol. The molecule has 0 saturated heterocycles. The van der Waals surface area contributed by atoms with E-state index in [0.29, 0.717) is 29.8 Å². The van der Waals surface area contributed by atoms with Gasteiger partial charge in [-0.25, -0.2) is 8.42 Å². The molecule has 0 atom stereocenters. The third-order valence-corrected chi connectivity index (χ3v) is 5.04. The molecule has 1 heterocycles. The lowest BCUT2D eigenvalue weighted by Crippen LogP contribution is -2.19. The zero-order chi connectivity index (χ0) is 23.6. The molecule has 32 heavy (non-hydrogen) atoms. The Kier molecular flexibility index (Phi) is 10.1. The molecule has 2 aromatic rings. The highest BCUT2D eigenvalue weighted by Gasteiger charge is 2.09. The van der Waals surface area contributed by atoms with Gasteiger partial charge in [-0.2, -0.15) is 15.0 Å². The zero-order valence-electron chi connectivity index (χ0n) is 19.7. The first kappa shape index (κ1) is 25.8. The van der Waals surface area contributed by atoms with Crippen LogP contribution in [0.5, 0.6) is 0 Å². The number of hydrogen-bond donors (Lipinski definition) is 3. The van der Waals surface area contributed by atoms with E-state index in [9.17, 15) is 8.42 Å². The molecule has 11 heteroatoms. The van der Waals surface area contributed by atoms with Crippen molar-refractivity contribution in [2.75, 3.05) is 76.0 Å². The van der Waals surface area contributed by atoms with Crippen LogP contribution in [0.25, 0.3) is 0 Å². The molecule has 2 rings (SSSR count). The summed E-state index contributed by atoms with van der Waals surface area (Å²) in [6.45, 7) is 3.50. The highest BCUT2D eigenvalue weighted by molar-refractivity contribution is 7.92. The van der Waals surface area contributed by atoms with Crippen molar-refractivity contribution >= 4 is 27.6 Å². The second-order valence-corrected chi connectivity index (χ2v) is 10.1. The number of rotatable bonds is 14. The summed E-state index contributed by atoms with van der Waals surface area (Å²) in [5, 5.41) is 6.59. The number of anilines is 3. The van der Waals surface area contributed by atoms with Crippen molar-refractivity contribution in [3.63, 3.8) is 0 Å². The van der Waals surface area contributed by atoms with Crippen LogP contribution in [0.3, 0.4) is 0 Å². The minimum atomic E-state index is -3.30. The monoisotopic (exact) mass is 464 g/mol. The van der Waals surface area contributed by atoms with Crippen LogP contribution in [-0.2, 0) is 16.4 Å². The summed E-state index contributed by atoms with van der Waals surface area (Å²) >= 11 is 0. The second kappa shape index (κ2) is 12.5. The summed E-state index contributed by atoms with van der Waals surface area (Å²) in [6, 6.07) is 7.20. The standard InChI is InChI=1S/C21H36N8O2S/c1-28(2)14-6-12-22-20-24-19(25-21(26-20)23-13-7-15-29(3)4)16-17-8-10-18(11-9-17)27-32(5,30)31/h8-11,27H,6-7,12-16H2,1-5H3,(H2,22,23,24,25,26). The van der Waals surface area contributed by atoms with Gasteiger partial charge < -0.3 is 20.4 Å². The van der Waals surface area contributed by atoms with E-state index in [1.807, 2.05) is 40.3 Å². The van der Waals surface area contributed by atoms with Crippen LogP contribution in [0.15, 0.2) is 24.3 Å². The molecule has 1 aromatic carbocycles. The second-order valence-electron chi connectivity index (χ2n) is 8.31. The van der Waals surface area contributed by atoms with Crippen molar-refractivity contribution in [2.24, 2.45) is 0 Å². The van der Waals surface area contributed by atoms with Crippen molar-refractivity contribution in [1.29, 1.82) is 0 Å². The highest BCUT2D eigenvalue weighted by atomic mass is 32.2. The van der Waals surface area contributed by atoms with Gasteiger partial charge >= 0.3 is 0 Å². The SMILES string of the molecule is CN(C)CCCNc1nc(Cc2ccc(NS(C)(=O)=O)cc2)nc(NCCCN(C)C)n1. The predicted octanol–water partition coefficient (Wildman–Crippen LogP) is 1.56. The van der Waals surface area contributed by atoms with Gasteiger partial charge in [0.1, 0.15) is 5.82 Å². The van der Waals surface area contributed by atoms with Gasteiger partial charge in [-0.15, -0.1) is 0 Å². The Balaban J connectivity index is 2.08. The minimum absolute atomic E-state index is 0.514. The molecule has 0 fully saturated rings. The maximum absolute atomic E-state index is 11.4. The van der Waals surface area contributed by atoms with Gasteiger partial charge in [-0.05, 0) is 71.8 Å². The Morgan fingerprint density at radius 1 is 0.812 bits per heavy atom. The molecule has 10 nitrogen and oxygen atoms in total. The molecule has 0 amide bonds. The fraction of sp³-hybridized carbons (Fsp3) is 0.571. The van der Waals surface area contributed by atoms with E-state index < -0.39 is 10.0 Å². The van der Waals surface area contributed by atoms with Gasteiger partial charge in [0.25, 0.3) is 0 Å². The summed E-state index contributed by atoms with van der Waals surface area (Å²) in [7, 11) is 4.90. The van der Waals surface area contributed by atoms with Crippen molar-refractivity contribution < 1.29 is 8.42 Å². The van der Waals surface area contributed by atoms with Crippen LogP contribution in [0.2, 0.25) is 0 Å². The highest BCUT2D eigenvalue weighted by Crippen LogP contribution is 2.15. The molecule has 0 aliphatic heterocycles. The van der Waals surface area contributed by atoms with Crippen LogP contribution in [0, 0.1) is 0 Å². The predicted molar refractivity (Wildman–Crippen MR) is 131 cm³/mol. The fourth-order valence-electron chi connectivity index (χ4n) is 2.94. The maximum Gasteiger partial charge on any atom is 0.229 e. The smallest absolute Gasteiger partial charge is 0.229 e. The molecule has 0 spiro atoms. The molecule has 0 aliphatic rings. The van der Waals surface area contributed by atoms with Crippen LogP contribution < -0.4 is 15.4 Å². The molecule has 0 saturated carbocycles. The third kappa shape index (κ3) is 10.7. The Labute approximate surface area is 191 Å². The van der Waals surface area contributed by atoms with Crippen LogP contribution >= 0.6 is 0 Å². The van der Waals surface area contributed by atoms with E-state index in [4.69, 9.17) is 0 Å². The summed E-state index contributed by atoms with van der Waals surface area (Å²) < 4.78 is 25.2. The molecule has 0 aliphatic carbocycles. The number of aromatic nitrogens is 3. The van der Waals surface area contributed by atoms with Gasteiger partial charge in [0, 0.05) is 25.2 Å². The topological polar surface area (TPSA) is 115 Å². The van der Waals surface area contributed by atoms with Crippen molar-refractivity contribution in [3.05, 3.63) is 35.7 Å². The molecule has 0 bridgehead atoms. The third-order valence-electron chi connectivity index (χ3n) is 4.43. The van der Waals surface area contributed by atoms with Crippen LogP contribution in [0.4, 0.5) is 17.6 Å². The van der Waals surface area contributed by atoms with Gasteiger partial charge in [0.15, 0.2) is 0 Å². The molecular weight excluding hydrogens is 428 g/mol. The van der Waals surface area contributed by atoms with Gasteiger partial charge in [-0.1, -0.05) is 12.1 Å². The number of sulfonamides is 1. The molecular formula is C21H36N8O2S. The fourth-order valence-corrected chi connectivity index (χ4v) is 3.50. The molecule has 178 valence electrons. The van der Waals surface area contributed by atoms with Crippen LogP contribution in [-0.4, -0.2) is 93.8 Å². The largest absolute Gasteiger partial charge is 0.354 e. The summed E-state index contributed by atoms with van der Waals surface area (Å²) in [5.41, 5.74) is 1.51. The molecule has 3 N–H and O–H groups in total. The Bertz CT molecular complexity index is 899. The lowest BCUT2D eigenvalue weighted by molar-refractivity contribution is 0.405. The average Bonchev–Trinajstić information content (AvgIpc) is 2.69. The lowest BCUT2D eigenvalue weighted by Gasteiger charge is -2.13. The normalized spacial score (nSPS) is 11.7. The van der Waals surface area contributed by atoms with Crippen molar-refractivity contribution in [3.8, 4) is 0 Å². The van der Waals surface area contributed by atoms with E-state index in [0.717, 1.165) is 50.8 Å². The van der Waals surface area contributed by atoms with Crippen molar-refractivity contribution in [2.45, 2.75) is 19.3 Å². The van der Waals surface area contributed by atoms with E-state index >= 15 is 0 Å². The summed E-state index contributed by atoms with van der Waals surface area (Å²) in [5.74, 6) is 1.76. The number of nitrogens with zero attached hydrogens (tertiary/aromatic N) is 5. The van der Waals surface area contributed by atoms with Gasteiger partial charge in [0.2, 0.25) is 21.9 Å². The number of nitrogens with one attached hydrogen (secondary N) is 3. The lowest BCUT2D eigenvalue weighted by atomic mass is 10.1. The van der Waals surface area contributed by atoms with E-state index in [2.05, 4.69) is 40.1 Å². The first-order chi connectivity index (χ1) is 15.1. The quantitative estimate of drug-likeness (QED) is 0.358. The Morgan fingerprint density at radius 3 is 1.75 bits per heavy atom. The maximum atomic E-state index is 11.4. The zero-order valence-corrected chi connectivity index (χ0v) is 20.5. The van der Waals surface area contributed by atoms with E-state index in [1.54, 1.807) is 12.1 Å². The van der Waals surface area contributed by atoms with Gasteiger partial charge in [0.05, 0.1) is 6.26 Å². The first-order valence-corrected chi connectivity index (χ1v) is 12.6. The van der Waals surface area contributed by atoms with Gasteiger partial charge in [-0.3, -0.25) is 4.72 Å². The number of benzene rings is 1. The Hall–Kier alpha value is -2.50. The molecule has 0 unspecified atom stereocenters. The summed E-state index contributed by atoms with van der Waals surface area (Å²) in [6.07, 6.45) is 3.61. The van der Waals surface area contributed by atoms with Crippen molar-refractivity contribution in [1.82, 2.24) is 24.8 Å². The minimum Gasteiger partial charge on any atom is -0.354 e. The number of hydrogen-bond acceptors (Lipinski definition) is 9. The van der Waals surface area contributed by atoms with E-state index in [-0.39, 0.29) is 0 Å². The molecule has 1 aromatic heterocycles. The van der Waals surface area contributed by atoms with Crippen LogP contribution in [0.1, 0.15) is 24.2 Å². The Morgan fingerprint density at radius 2 is 1.31 bits per heavy atom.